The Balaban J connectivity index is 4.43. The molecule has 0 aromatic rings. The van der Waals surface area contributed by atoms with E-state index >= 15 is 0 Å². The molecule has 1 unspecified atom stereocenters. The summed E-state index contributed by atoms with van der Waals surface area (Å²) in [6.45, 7) is 16.7. The molecule has 0 N–H and O–H groups in total. The molecule has 0 radical (unpaired) electrons. The van der Waals surface area contributed by atoms with Crippen LogP contribution in [0.25, 0.3) is 0 Å². The second-order valence-electron chi connectivity index (χ2n) is 6.24. The van der Waals surface area contributed by atoms with Gasteiger partial charge in [-0.3, -0.25) is 0 Å². The molecule has 0 heterocycles. The van der Waals surface area contributed by atoms with Gasteiger partial charge in [0, 0.05) is 0 Å². The quantitative estimate of drug-likeness (QED) is 0.747. The van der Waals surface area contributed by atoms with Gasteiger partial charge in [0.25, 0.3) is 0 Å². The molecule has 0 saturated carbocycles. The maximum atomic E-state index is 11.8. The van der Waals surface area contributed by atoms with E-state index in [1.807, 2.05) is 19.6 Å². The van der Waals surface area contributed by atoms with Crippen LogP contribution in [0.5, 0.6) is 0 Å². The van der Waals surface area contributed by atoms with Gasteiger partial charge in [-0.15, -0.1) is 0 Å². The molecule has 0 aliphatic carbocycles. The van der Waals surface area contributed by atoms with E-state index < -0.39 is 31.1 Å². The van der Waals surface area contributed by atoms with Gasteiger partial charge in [-0.25, -0.2) is 0 Å². The molecule has 0 spiro atoms. The third-order valence-corrected chi connectivity index (χ3v) is 14.7. The molecule has 15 heavy (non-hydrogen) atoms. The van der Waals surface area contributed by atoms with Crippen molar-refractivity contribution in [1.82, 2.24) is 0 Å². The molecule has 92 valence electrons. The predicted octanol–water partition coefficient (Wildman–Crippen LogP) is 3.28. The Kier molecular flexibility index (Phi) is 5.11. The van der Waals surface area contributed by atoms with Crippen molar-refractivity contribution in [1.29, 1.82) is 0 Å². The summed E-state index contributed by atoms with van der Waals surface area (Å²) >= 11 is -2.54. The first-order valence-corrected chi connectivity index (χ1v) is 13.6. The third kappa shape index (κ3) is 6.09. The van der Waals surface area contributed by atoms with Crippen LogP contribution >= 0.6 is 0 Å². The molecule has 3 nitrogen and oxygen atoms in total. The zero-order valence-electron chi connectivity index (χ0n) is 11.1. The van der Waals surface area contributed by atoms with Gasteiger partial charge in [0.05, 0.1) is 0 Å². The molecule has 0 fully saturated rings. The van der Waals surface area contributed by atoms with Crippen molar-refractivity contribution < 1.29 is 10.9 Å². The van der Waals surface area contributed by atoms with E-state index in [0.29, 0.717) is 0 Å². The monoisotopic (exact) mass is 316 g/mol. The van der Waals surface area contributed by atoms with Crippen LogP contribution in [0.4, 0.5) is 0 Å². The second kappa shape index (κ2) is 4.90. The molecule has 1 atom stereocenters. The van der Waals surface area contributed by atoms with Crippen LogP contribution in [-0.4, -0.2) is 31.1 Å². The number of hydrogen-bond acceptors (Lipinski definition) is 3. The molecular weight excluding hydrogens is 291 g/mol. The molecule has 0 saturated heterocycles. The van der Waals surface area contributed by atoms with E-state index in [2.05, 4.69) is 33.9 Å². The van der Waals surface area contributed by atoms with Crippen LogP contribution in [0.2, 0.25) is 37.8 Å². The third-order valence-electron chi connectivity index (χ3n) is 2.40. The summed E-state index contributed by atoms with van der Waals surface area (Å²) in [4.78, 5) is 0. The van der Waals surface area contributed by atoms with Gasteiger partial charge >= 0.3 is 101 Å². The fourth-order valence-corrected chi connectivity index (χ4v) is 8.58. The first kappa shape index (κ1) is 15.7. The molecule has 0 aliphatic heterocycles. The summed E-state index contributed by atoms with van der Waals surface area (Å²) < 4.78 is 22.9. The van der Waals surface area contributed by atoms with Gasteiger partial charge in [-0.1, -0.05) is 0 Å². The topological polar surface area (TPSA) is 35.5 Å². The molecule has 6 heteroatoms. The van der Waals surface area contributed by atoms with Crippen molar-refractivity contribution in [2.45, 2.75) is 58.5 Å². The van der Waals surface area contributed by atoms with E-state index in [-0.39, 0.29) is 5.04 Å². The molecule has 0 bridgehead atoms. The number of rotatable bonds is 4. The normalized spacial score (nSPS) is 16.5. The average Bonchev–Trinajstić information content (AvgIpc) is 1.75. The van der Waals surface area contributed by atoms with Crippen molar-refractivity contribution in [2.24, 2.45) is 0 Å². The van der Waals surface area contributed by atoms with E-state index in [4.69, 9.17) is 7.02 Å². The maximum absolute atomic E-state index is 11.8. The number of hydrogen-bond donors (Lipinski definition) is 0. The van der Waals surface area contributed by atoms with Gasteiger partial charge < -0.3 is 0 Å². The summed E-state index contributed by atoms with van der Waals surface area (Å²) in [5.74, 6) is 0. The first-order valence-electron chi connectivity index (χ1n) is 5.16. The Bertz CT molecular complexity index is 241. The molecular formula is C9H24O3SeSi2. The predicted molar refractivity (Wildman–Crippen MR) is 69.2 cm³/mol. The Labute approximate surface area is 101 Å². The van der Waals surface area contributed by atoms with E-state index in [1.54, 1.807) is 0 Å². The van der Waals surface area contributed by atoms with Gasteiger partial charge in [-0.05, 0) is 0 Å². The summed E-state index contributed by atoms with van der Waals surface area (Å²) in [5, 5.41) is 0.0853. The van der Waals surface area contributed by atoms with E-state index in [0.717, 1.165) is 0 Å². The zero-order valence-corrected chi connectivity index (χ0v) is 14.8. The minimum absolute atomic E-state index is 0.0853. The van der Waals surface area contributed by atoms with Crippen LogP contribution in [0, 0.1) is 0 Å². The molecule has 0 aromatic heterocycles. The van der Waals surface area contributed by atoms with E-state index in [1.165, 1.54) is 0 Å². The SMILES string of the molecule is CC(C)(C)[Si](C)(C)O[Se](=O)O[Si](C)(C)C. The van der Waals surface area contributed by atoms with Crippen LogP contribution in [0.1, 0.15) is 20.8 Å². The van der Waals surface area contributed by atoms with Crippen LogP contribution in [0.15, 0.2) is 0 Å². The Hall–Kier alpha value is 0.673. The fraction of sp³-hybridized carbons (Fsp3) is 1.00. The molecule has 0 amide bonds. The summed E-state index contributed by atoms with van der Waals surface area (Å²) in [6.07, 6.45) is 0. The Morgan fingerprint density at radius 3 is 1.60 bits per heavy atom. The second-order valence-corrected chi connectivity index (χ2v) is 18.3. The van der Waals surface area contributed by atoms with E-state index in [9.17, 15) is 3.83 Å². The van der Waals surface area contributed by atoms with Crippen LogP contribution < -0.4 is 0 Å². The molecule has 0 aromatic carbocycles. The van der Waals surface area contributed by atoms with Gasteiger partial charge in [-0.2, -0.15) is 0 Å². The Morgan fingerprint density at radius 2 is 1.33 bits per heavy atom. The Morgan fingerprint density at radius 1 is 0.933 bits per heavy atom. The minimum atomic E-state index is -2.54. The van der Waals surface area contributed by atoms with Crippen LogP contribution in [-0.2, 0) is 10.9 Å². The fourth-order valence-electron chi connectivity index (χ4n) is 0.516. The zero-order chi connectivity index (χ0) is 12.5. The summed E-state index contributed by atoms with van der Waals surface area (Å²) in [6, 6.07) is 0. The van der Waals surface area contributed by atoms with Gasteiger partial charge in [0.1, 0.15) is 0 Å². The summed E-state index contributed by atoms with van der Waals surface area (Å²) in [7, 11) is -3.67. The van der Waals surface area contributed by atoms with Crippen molar-refractivity contribution in [3.8, 4) is 0 Å². The van der Waals surface area contributed by atoms with Gasteiger partial charge in [0.15, 0.2) is 0 Å². The molecule has 0 aliphatic rings. The summed E-state index contributed by atoms with van der Waals surface area (Å²) in [5.41, 5.74) is 0. The standard InChI is InChI=1S/C9H24O3SeSi2/c1-9(2,3)15(7,8)12-13(10)11-14(4,5)6/h1-8H3. The van der Waals surface area contributed by atoms with Crippen molar-refractivity contribution >= 4 is 31.1 Å². The van der Waals surface area contributed by atoms with Crippen molar-refractivity contribution in [2.75, 3.05) is 0 Å². The van der Waals surface area contributed by atoms with Gasteiger partial charge in [0.2, 0.25) is 0 Å². The molecule has 0 rings (SSSR count). The van der Waals surface area contributed by atoms with Crippen molar-refractivity contribution in [3.63, 3.8) is 0 Å². The first-order chi connectivity index (χ1) is 6.35. The van der Waals surface area contributed by atoms with Crippen molar-refractivity contribution in [3.05, 3.63) is 0 Å². The van der Waals surface area contributed by atoms with Crippen LogP contribution in [0.3, 0.4) is 0 Å². The average molecular weight is 315 g/mol.